The lowest BCUT2D eigenvalue weighted by Gasteiger charge is -2.43. The molecule has 0 bridgehead atoms. The van der Waals surface area contributed by atoms with Gasteiger partial charge in [0.05, 0.1) is 6.04 Å². The molecule has 1 aliphatic rings. The highest BCUT2D eigenvalue weighted by Crippen LogP contribution is 2.32. The van der Waals surface area contributed by atoms with E-state index in [1.165, 1.54) is 0 Å². The largest absolute Gasteiger partial charge is 0.335 e. The first-order chi connectivity index (χ1) is 6.61. The predicted molar refractivity (Wildman–Crippen MR) is 57.6 cm³/mol. The minimum Gasteiger partial charge on any atom is -0.335 e. The lowest BCUT2D eigenvalue weighted by atomic mass is 9.90. The van der Waals surface area contributed by atoms with Crippen molar-refractivity contribution in [3.05, 3.63) is 34.3 Å². The molecule has 0 aliphatic carbocycles. The Balaban J connectivity index is 2.24. The van der Waals surface area contributed by atoms with E-state index in [1.807, 2.05) is 24.3 Å². The molecule has 4 heteroatoms. The van der Waals surface area contributed by atoms with Crippen LogP contribution in [0.25, 0.3) is 0 Å². The summed E-state index contributed by atoms with van der Waals surface area (Å²) >= 11 is 3.36. The van der Waals surface area contributed by atoms with Crippen LogP contribution in [0.2, 0.25) is 0 Å². The quantitative estimate of drug-likeness (QED) is 0.768. The highest BCUT2D eigenvalue weighted by molar-refractivity contribution is 9.10. The standard InChI is InChI=1S/C10H11BrN2O/c1-13-9(8(12)10(13)14)6-2-4-7(11)5-3-6/h2-5,8-9H,12H2,1H3/t8-,9-/m0/s1. The molecule has 1 saturated heterocycles. The SMILES string of the molecule is CN1C(=O)[C@@H](N)[C@@H]1c1ccc(Br)cc1. The second-order valence-electron chi connectivity index (χ2n) is 3.47. The zero-order valence-corrected chi connectivity index (χ0v) is 9.36. The Labute approximate surface area is 91.0 Å². The molecule has 0 unspecified atom stereocenters. The molecule has 0 aromatic heterocycles. The van der Waals surface area contributed by atoms with E-state index in [2.05, 4.69) is 15.9 Å². The number of nitrogens with zero attached hydrogens (tertiary/aromatic N) is 1. The molecule has 2 N–H and O–H groups in total. The van der Waals surface area contributed by atoms with Crippen molar-refractivity contribution < 1.29 is 4.79 Å². The summed E-state index contributed by atoms with van der Waals surface area (Å²) in [7, 11) is 1.78. The number of rotatable bonds is 1. The van der Waals surface area contributed by atoms with Crippen molar-refractivity contribution in [3.8, 4) is 0 Å². The van der Waals surface area contributed by atoms with Gasteiger partial charge in [0, 0.05) is 11.5 Å². The third kappa shape index (κ3) is 1.35. The van der Waals surface area contributed by atoms with E-state index in [1.54, 1.807) is 11.9 Å². The normalized spacial score (nSPS) is 26.2. The van der Waals surface area contributed by atoms with Gasteiger partial charge in [-0.15, -0.1) is 0 Å². The number of likely N-dealkylation sites (N-methyl/N-ethyl adjacent to an activating group) is 1. The maximum absolute atomic E-state index is 11.2. The van der Waals surface area contributed by atoms with Gasteiger partial charge in [0.25, 0.3) is 0 Å². The summed E-state index contributed by atoms with van der Waals surface area (Å²) in [5.41, 5.74) is 6.81. The summed E-state index contributed by atoms with van der Waals surface area (Å²) in [6, 6.07) is 7.55. The van der Waals surface area contributed by atoms with Crippen molar-refractivity contribution in [2.45, 2.75) is 12.1 Å². The fraction of sp³-hybridized carbons (Fsp3) is 0.300. The number of amides is 1. The fourth-order valence-electron chi connectivity index (χ4n) is 1.76. The van der Waals surface area contributed by atoms with Crippen molar-refractivity contribution in [1.82, 2.24) is 4.90 Å². The summed E-state index contributed by atoms with van der Waals surface area (Å²) in [6.07, 6.45) is 0. The molecule has 74 valence electrons. The number of carbonyl (C=O) groups is 1. The maximum Gasteiger partial charge on any atom is 0.242 e. The molecule has 0 saturated carbocycles. The highest BCUT2D eigenvalue weighted by Gasteiger charge is 2.42. The number of β-lactam (4-membered cyclic amide) rings is 1. The van der Waals surface area contributed by atoms with Crippen LogP contribution in [-0.4, -0.2) is 23.9 Å². The summed E-state index contributed by atoms with van der Waals surface area (Å²) in [5.74, 6) is 0.0120. The molecule has 1 amide bonds. The average Bonchev–Trinajstić information content (AvgIpc) is 2.21. The zero-order chi connectivity index (χ0) is 10.3. The number of nitrogens with two attached hydrogens (primary N) is 1. The molecule has 2 atom stereocenters. The van der Waals surface area contributed by atoms with Gasteiger partial charge in [-0.25, -0.2) is 0 Å². The van der Waals surface area contributed by atoms with Gasteiger partial charge in [-0.2, -0.15) is 0 Å². The van der Waals surface area contributed by atoms with Crippen molar-refractivity contribution in [2.75, 3.05) is 7.05 Å². The third-order valence-electron chi connectivity index (χ3n) is 2.60. The van der Waals surface area contributed by atoms with Gasteiger partial charge in [0.15, 0.2) is 0 Å². The van der Waals surface area contributed by atoms with Gasteiger partial charge in [0.1, 0.15) is 6.04 Å². The fourth-order valence-corrected chi connectivity index (χ4v) is 2.02. The Kier molecular flexibility index (Phi) is 2.33. The monoisotopic (exact) mass is 254 g/mol. The van der Waals surface area contributed by atoms with Crippen LogP contribution in [0.3, 0.4) is 0 Å². The molecule has 1 aliphatic heterocycles. The Morgan fingerprint density at radius 1 is 1.36 bits per heavy atom. The summed E-state index contributed by atoms with van der Waals surface area (Å²) < 4.78 is 1.03. The Morgan fingerprint density at radius 3 is 2.43 bits per heavy atom. The molecule has 1 heterocycles. The van der Waals surface area contributed by atoms with E-state index in [0.717, 1.165) is 10.0 Å². The first-order valence-corrected chi connectivity index (χ1v) is 5.18. The number of benzene rings is 1. The van der Waals surface area contributed by atoms with Crippen LogP contribution in [0.4, 0.5) is 0 Å². The first kappa shape index (κ1) is 9.68. The number of carbonyl (C=O) groups excluding carboxylic acids is 1. The van der Waals surface area contributed by atoms with Crippen LogP contribution < -0.4 is 5.73 Å². The topological polar surface area (TPSA) is 46.3 Å². The average molecular weight is 255 g/mol. The minimum absolute atomic E-state index is 0.0120. The molecule has 0 spiro atoms. The van der Waals surface area contributed by atoms with E-state index < -0.39 is 0 Å². The number of hydrogen-bond acceptors (Lipinski definition) is 2. The van der Waals surface area contributed by atoms with E-state index in [9.17, 15) is 4.79 Å². The summed E-state index contributed by atoms with van der Waals surface area (Å²) in [5, 5.41) is 0. The van der Waals surface area contributed by atoms with Crippen LogP contribution in [0, 0.1) is 0 Å². The van der Waals surface area contributed by atoms with Gasteiger partial charge < -0.3 is 10.6 Å². The Hall–Kier alpha value is -0.870. The van der Waals surface area contributed by atoms with E-state index >= 15 is 0 Å². The van der Waals surface area contributed by atoms with Crippen LogP contribution in [-0.2, 0) is 4.79 Å². The molecule has 0 radical (unpaired) electrons. The lowest BCUT2D eigenvalue weighted by Crippen LogP contribution is -2.61. The molecule has 1 aromatic carbocycles. The second-order valence-corrected chi connectivity index (χ2v) is 4.39. The van der Waals surface area contributed by atoms with Gasteiger partial charge >= 0.3 is 0 Å². The van der Waals surface area contributed by atoms with Crippen LogP contribution >= 0.6 is 15.9 Å². The van der Waals surface area contributed by atoms with Gasteiger partial charge in [-0.3, -0.25) is 4.79 Å². The molecule has 14 heavy (non-hydrogen) atoms. The third-order valence-corrected chi connectivity index (χ3v) is 3.13. The minimum atomic E-state index is -0.374. The van der Waals surface area contributed by atoms with E-state index in [-0.39, 0.29) is 18.0 Å². The maximum atomic E-state index is 11.2. The second kappa shape index (κ2) is 3.37. The molecule has 2 rings (SSSR count). The van der Waals surface area contributed by atoms with E-state index in [0.29, 0.717) is 0 Å². The van der Waals surface area contributed by atoms with Crippen molar-refractivity contribution in [3.63, 3.8) is 0 Å². The molecule has 3 nitrogen and oxygen atoms in total. The molecule has 1 fully saturated rings. The number of halogens is 1. The van der Waals surface area contributed by atoms with Gasteiger partial charge in [0.2, 0.25) is 5.91 Å². The predicted octanol–water partition coefficient (Wildman–Crippen LogP) is 1.29. The molecular weight excluding hydrogens is 244 g/mol. The highest BCUT2D eigenvalue weighted by atomic mass is 79.9. The van der Waals surface area contributed by atoms with Crippen molar-refractivity contribution in [1.29, 1.82) is 0 Å². The Bertz CT molecular complexity index is 351. The lowest BCUT2D eigenvalue weighted by molar-refractivity contribution is -0.147. The molecular formula is C10H11BrN2O. The van der Waals surface area contributed by atoms with Gasteiger partial charge in [-0.05, 0) is 17.7 Å². The zero-order valence-electron chi connectivity index (χ0n) is 7.77. The summed E-state index contributed by atoms with van der Waals surface area (Å²) in [4.78, 5) is 12.9. The smallest absolute Gasteiger partial charge is 0.242 e. The van der Waals surface area contributed by atoms with Crippen LogP contribution in [0.15, 0.2) is 28.7 Å². The Morgan fingerprint density at radius 2 is 1.93 bits per heavy atom. The summed E-state index contributed by atoms with van der Waals surface area (Å²) in [6.45, 7) is 0. The molecule has 1 aromatic rings. The van der Waals surface area contributed by atoms with Crippen LogP contribution in [0.5, 0.6) is 0 Å². The van der Waals surface area contributed by atoms with Crippen LogP contribution in [0.1, 0.15) is 11.6 Å². The number of hydrogen-bond donors (Lipinski definition) is 1. The van der Waals surface area contributed by atoms with Crippen molar-refractivity contribution >= 4 is 21.8 Å². The van der Waals surface area contributed by atoms with Crippen molar-refractivity contribution in [2.24, 2.45) is 5.73 Å². The number of likely N-dealkylation sites (tertiary alicyclic amines) is 1. The van der Waals surface area contributed by atoms with Gasteiger partial charge in [-0.1, -0.05) is 28.1 Å². The first-order valence-electron chi connectivity index (χ1n) is 4.39. The van der Waals surface area contributed by atoms with E-state index in [4.69, 9.17) is 5.73 Å².